The quantitative estimate of drug-likeness (QED) is 0.483. The lowest BCUT2D eigenvalue weighted by atomic mass is 10.1. The van der Waals surface area contributed by atoms with Crippen LogP contribution in [0, 0.1) is 0 Å². The molecule has 0 fully saturated rings. The van der Waals surface area contributed by atoms with Crippen LogP contribution in [-0.4, -0.2) is 23.2 Å². The standard InChI is InChI=1S/C20H17BrN4O3.C2H6/c21-13-3-1-4-14(8-13)25-19-18-20(24-11-23-19)28-15-9-17-16(7-12(15)10-22-18)26-5-2-6-27-17;1-2/h1,3-4,7-9,11,22H,2,5-6,10H2,(H,23,24,25);1-2H3. The number of halogens is 1. The van der Waals surface area contributed by atoms with Crippen molar-refractivity contribution < 1.29 is 14.2 Å². The second kappa shape index (κ2) is 9.21. The molecular formula is C22H23BrN4O3. The van der Waals surface area contributed by atoms with Gasteiger partial charge in [-0.25, -0.2) is 4.98 Å². The summed E-state index contributed by atoms with van der Waals surface area (Å²) in [5.41, 5.74) is 2.58. The molecule has 3 heterocycles. The predicted octanol–water partition coefficient (Wildman–Crippen LogP) is 5.89. The van der Waals surface area contributed by atoms with Gasteiger partial charge in [-0.15, -0.1) is 0 Å². The van der Waals surface area contributed by atoms with E-state index in [1.807, 2.05) is 50.2 Å². The zero-order valence-corrected chi connectivity index (χ0v) is 18.5. The number of anilines is 3. The molecular weight excluding hydrogens is 448 g/mol. The summed E-state index contributed by atoms with van der Waals surface area (Å²) in [5, 5.41) is 6.70. The van der Waals surface area contributed by atoms with Crippen LogP contribution in [0.5, 0.6) is 23.1 Å². The Kier molecular flexibility index (Phi) is 6.23. The number of nitrogens with one attached hydrogen (secondary N) is 2. The molecule has 8 heteroatoms. The third kappa shape index (κ3) is 4.28. The molecule has 2 aromatic carbocycles. The second-order valence-corrected chi connectivity index (χ2v) is 7.37. The average Bonchev–Trinajstić information content (AvgIpc) is 3.09. The number of fused-ring (bicyclic) bond motifs is 3. The normalized spacial score (nSPS) is 13.7. The molecule has 156 valence electrons. The van der Waals surface area contributed by atoms with Crippen molar-refractivity contribution in [2.24, 2.45) is 0 Å². The van der Waals surface area contributed by atoms with Crippen LogP contribution < -0.4 is 24.8 Å². The summed E-state index contributed by atoms with van der Waals surface area (Å²) in [6.45, 7) is 5.83. The highest BCUT2D eigenvalue weighted by atomic mass is 79.9. The van der Waals surface area contributed by atoms with E-state index in [0.717, 1.165) is 27.9 Å². The van der Waals surface area contributed by atoms with E-state index in [2.05, 4.69) is 36.5 Å². The Hall–Kier alpha value is -3.00. The lowest BCUT2D eigenvalue weighted by molar-refractivity contribution is 0.296. The summed E-state index contributed by atoms with van der Waals surface area (Å²) in [5.74, 6) is 3.24. The van der Waals surface area contributed by atoms with Crippen LogP contribution in [0.25, 0.3) is 0 Å². The van der Waals surface area contributed by atoms with Crippen molar-refractivity contribution in [3.8, 4) is 23.1 Å². The summed E-state index contributed by atoms with van der Waals surface area (Å²) in [7, 11) is 0. The molecule has 0 aliphatic carbocycles. The summed E-state index contributed by atoms with van der Waals surface area (Å²) < 4.78 is 18.7. The number of hydrogen-bond acceptors (Lipinski definition) is 7. The number of hydrogen-bond donors (Lipinski definition) is 2. The summed E-state index contributed by atoms with van der Waals surface area (Å²) in [6, 6.07) is 11.7. The number of rotatable bonds is 2. The monoisotopic (exact) mass is 470 g/mol. The Morgan fingerprint density at radius 1 is 1.00 bits per heavy atom. The maximum Gasteiger partial charge on any atom is 0.248 e. The first-order valence-corrected chi connectivity index (χ1v) is 10.8. The molecule has 0 atom stereocenters. The van der Waals surface area contributed by atoms with E-state index in [1.54, 1.807) is 0 Å². The zero-order valence-electron chi connectivity index (χ0n) is 16.9. The van der Waals surface area contributed by atoms with Crippen LogP contribution in [0.4, 0.5) is 17.2 Å². The van der Waals surface area contributed by atoms with Crippen molar-refractivity contribution in [3.63, 3.8) is 0 Å². The topological polar surface area (TPSA) is 77.5 Å². The van der Waals surface area contributed by atoms with Crippen LogP contribution in [-0.2, 0) is 6.54 Å². The van der Waals surface area contributed by atoms with Gasteiger partial charge in [0.15, 0.2) is 17.3 Å². The molecule has 2 aliphatic rings. The summed E-state index contributed by atoms with van der Waals surface area (Å²) >= 11 is 3.48. The molecule has 0 amide bonds. The van der Waals surface area contributed by atoms with Crippen molar-refractivity contribution in [3.05, 3.63) is 52.8 Å². The van der Waals surface area contributed by atoms with Crippen LogP contribution in [0.3, 0.4) is 0 Å². The molecule has 1 aromatic heterocycles. The highest BCUT2D eigenvalue weighted by Gasteiger charge is 2.23. The molecule has 0 unspecified atom stereocenters. The van der Waals surface area contributed by atoms with Crippen LogP contribution in [0.1, 0.15) is 25.8 Å². The van der Waals surface area contributed by atoms with Crippen molar-refractivity contribution in [2.75, 3.05) is 23.8 Å². The SMILES string of the molecule is Brc1cccc(Nc2ncnc3c2NCc2cc4c(cc2O3)OCCCO4)c1.CC. The van der Waals surface area contributed by atoms with E-state index in [1.165, 1.54) is 6.33 Å². The van der Waals surface area contributed by atoms with Crippen molar-refractivity contribution in [2.45, 2.75) is 26.8 Å². The summed E-state index contributed by atoms with van der Waals surface area (Å²) in [6.07, 6.45) is 2.34. The first-order chi connectivity index (χ1) is 14.8. The fourth-order valence-corrected chi connectivity index (χ4v) is 3.56. The van der Waals surface area contributed by atoms with Crippen molar-refractivity contribution in [1.29, 1.82) is 0 Å². The van der Waals surface area contributed by atoms with Crippen molar-refractivity contribution in [1.82, 2.24) is 9.97 Å². The number of aromatic nitrogens is 2. The maximum absolute atomic E-state index is 6.11. The fraction of sp³-hybridized carbons (Fsp3) is 0.273. The van der Waals surface area contributed by atoms with Crippen LogP contribution >= 0.6 is 15.9 Å². The van der Waals surface area contributed by atoms with Gasteiger partial charge < -0.3 is 24.8 Å². The molecule has 0 saturated carbocycles. The number of benzene rings is 2. The molecule has 5 rings (SSSR count). The van der Waals surface area contributed by atoms with Crippen LogP contribution in [0.15, 0.2) is 47.2 Å². The number of ether oxygens (including phenoxy) is 3. The fourth-order valence-electron chi connectivity index (χ4n) is 3.16. The number of nitrogens with zero attached hydrogens (tertiary/aromatic N) is 2. The minimum atomic E-state index is 0.459. The van der Waals surface area contributed by atoms with E-state index in [4.69, 9.17) is 14.2 Å². The Labute approximate surface area is 183 Å². The van der Waals surface area contributed by atoms with E-state index in [0.29, 0.717) is 48.6 Å². The Balaban J connectivity index is 0.00000106. The molecule has 30 heavy (non-hydrogen) atoms. The van der Waals surface area contributed by atoms with E-state index in [-0.39, 0.29) is 0 Å². The first-order valence-electron chi connectivity index (χ1n) is 9.98. The van der Waals surface area contributed by atoms with Gasteiger partial charge in [-0.2, -0.15) is 4.98 Å². The van der Waals surface area contributed by atoms with Gasteiger partial charge in [0.05, 0.1) is 13.2 Å². The molecule has 0 bridgehead atoms. The second-order valence-electron chi connectivity index (χ2n) is 6.45. The average molecular weight is 471 g/mol. The lowest BCUT2D eigenvalue weighted by Gasteiger charge is -2.13. The Bertz CT molecular complexity index is 1040. The first kappa shape index (κ1) is 20.3. The van der Waals surface area contributed by atoms with Gasteiger partial charge in [-0.1, -0.05) is 35.8 Å². The minimum absolute atomic E-state index is 0.459. The lowest BCUT2D eigenvalue weighted by Crippen LogP contribution is -2.04. The highest BCUT2D eigenvalue weighted by molar-refractivity contribution is 9.10. The van der Waals surface area contributed by atoms with E-state index < -0.39 is 0 Å². The molecule has 0 radical (unpaired) electrons. The van der Waals surface area contributed by atoms with Gasteiger partial charge in [0.25, 0.3) is 0 Å². The van der Waals surface area contributed by atoms with E-state index in [9.17, 15) is 0 Å². The van der Waals surface area contributed by atoms with Crippen LogP contribution in [0.2, 0.25) is 0 Å². The minimum Gasteiger partial charge on any atom is -0.490 e. The predicted molar refractivity (Wildman–Crippen MR) is 120 cm³/mol. The van der Waals surface area contributed by atoms with Gasteiger partial charge in [0, 0.05) is 34.8 Å². The smallest absolute Gasteiger partial charge is 0.248 e. The van der Waals surface area contributed by atoms with Gasteiger partial charge >= 0.3 is 0 Å². The third-order valence-corrected chi connectivity index (χ3v) is 4.99. The third-order valence-electron chi connectivity index (χ3n) is 4.49. The zero-order chi connectivity index (χ0) is 20.9. The van der Waals surface area contributed by atoms with Gasteiger partial charge in [0.2, 0.25) is 5.88 Å². The largest absolute Gasteiger partial charge is 0.490 e. The molecule has 3 aromatic rings. The van der Waals surface area contributed by atoms with E-state index >= 15 is 0 Å². The summed E-state index contributed by atoms with van der Waals surface area (Å²) in [4.78, 5) is 8.69. The highest BCUT2D eigenvalue weighted by Crippen LogP contribution is 2.43. The molecule has 2 aliphatic heterocycles. The molecule has 0 spiro atoms. The molecule has 0 saturated heterocycles. The van der Waals surface area contributed by atoms with Gasteiger partial charge in [-0.3, -0.25) is 0 Å². The van der Waals surface area contributed by atoms with Crippen molar-refractivity contribution >= 4 is 33.1 Å². The van der Waals surface area contributed by atoms with Gasteiger partial charge in [-0.05, 0) is 24.3 Å². The Morgan fingerprint density at radius 2 is 1.80 bits per heavy atom. The maximum atomic E-state index is 6.11. The van der Waals surface area contributed by atoms with Gasteiger partial charge in [0.1, 0.15) is 17.8 Å². The Morgan fingerprint density at radius 3 is 2.60 bits per heavy atom. The molecule has 2 N–H and O–H groups in total. The molecule has 7 nitrogen and oxygen atoms in total.